The van der Waals surface area contributed by atoms with Crippen LogP contribution in [0.3, 0.4) is 0 Å². The standard InChI is InChI=1S/C22H26N4OS/c1-15-8-6-7-13-26(15)18(27)11-12-23-21-20-19(17-9-4-3-5-10-17)16(2)28-22(20)25-14-24-21/h3-5,9-10,14-15H,6-8,11-13H2,1-2H3,(H,23,24,25). The van der Waals surface area contributed by atoms with Crippen molar-refractivity contribution in [3.8, 4) is 11.1 Å². The zero-order chi connectivity index (χ0) is 19.5. The van der Waals surface area contributed by atoms with Crippen molar-refractivity contribution in [3.05, 3.63) is 41.5 Å². The molecule has 1 N–H and O–H groups in total. The van der Waals surface area contributed by atoms with E-state index >= 15 is 0 Å². The van der Waals surface area contributed by atoms with E-state index in [9.17, 15) is 4.79 Å². The highest BCUT2D eigenvalue weighted by atomic mass is 32.1. The zero-order valence-corrected chi connectivity index (χ0v) is 17.3. The third kappa shape index (κ3) is 3.74. The number of benzene rings is 1. The van der Waals surface area contributed by atoms with Gasteiger partial charge in [-0.25, -0.2) is 9.97 Å². The molecular formula is C22H26N4OS. The summed E-state index contributed by atoms with van der Waals surface area (Å²) < 4.78 is 0. The molecule has 6 heteroatoms. The molecule has 0 spiro atoms. The Morgan fingerprint density at radius 1 is 1.25 bits per heavy atom. The van der Waals surface area contributed by atoms with E-state index in [1.54, 1.807) is 17.7 Å². The molecule has 3 heterocycles. The molecule has 5 nitrogen and oxygen atoms in total. The van der Waals surface area contributed by atoms with E-state index in [1.165, 1.54) is 22.4 Å². The Balaban J connectivity index is 1.54. The van der Waals surface area contributed by atoms with Crippen LogP contribution < -0.4 is 5.32 Å². The smallest absolute Gasteiger partial charge is 0.224 e. The third-order valence-corrected chi connectivity index (χ3v) is 6.49. The lowest BCUT2D eigenvalue weighted by molar-refractivity contribution is -0.134. The van der Waals surface area contributed by atoms with Crippen LogP contribution in [-0.2, 0) is 4.79 Å². The van der Waals surface area contributed by atoms with Gasteiger partial charge in [0.05, 0.1) is 5.39 Å². The van der Waals surface area contributed by atoms with Gasteiger partial charge in [-0.1, -0.05) is 30.3 Å². The molecule has 3 aromatic rings. The number of nitrogens with zero attached hydrogens (tertiary/aromatic N) is 3. The second kappa shape index (κ2) is 8.27. The first-order chi connectivity index (χ1) is 13.6. The molecule has 1 aromatic carbocycles. The van der Waals surface area contributed by atoms with Gasteiger partial charge in [-0.3, -0.25) is 4.79 Å². The van der Waals surface area contributed by atoms with E-state index in [-0.39, 0.29) is 5.91 Å². The number of thiophene rings is 1. The number of anilines is 1. The molecule has 1 unspecified atom stereocenters. The molecule has 28 heavy (non-hydrogen) atoms. The topological polar surface area (TPSA) is 58.1 Å². The lowest BCUT2D eigenvalue weighted by atomic mass is 10.0. The van der Waals surface area contributed by atoms with Crippen molar-refractivity contribution >= 4 is 33.3 Å². The van der Waals surface area contributed by atoms with Crippen molar-refractivity contribution in [2.45, 2.75) is 45.6 Å². The van der Waals surface area contributed by atoms with E-state index < -0.39 is 0 Å². The van der Waals surface area contributed by atoms with Crippen molar-refractivity contribution < 1.29 is 4.79 Å². The molecule has 0 aliphatic carbocycles. The van der Waals surface area contributed by atoms with Crippen LogP contribution in [-0.4, -0.2) is 39.9 Å². The second-order valence-corrected chi connectivity index (χ2v) is 8.61. The van der Waals surface area contributed by atoms with Crippen molar-refractivity contribution in [1.29, 1.82) is 0 Å². The average molecular weight is 395 g/mol. The lowest BCUT2D eigenvalue weighted by Gasteiger charge is -2.33. The van der Waals surface area contributed by atoms with Gasteiger partial charge in [0.25, 0.3) is 0 Å². The maximum Gasteiger partial charge on any atom is 0.224 e. The number of rotatable bonds is 5. The van der Waals surface area contributed by atoms with Crippen LogP contribution in [0.2, 0.25) is 0 Å². The predicted octanol–water partition coefficient (Wildman–Crippen LogP) is 4.87. The van der Waals surface area contributed by atoms with Gasteiger partial charge < -0.3 is 10.2 Å². The number of piperidine rings is 1. The summed E-state index contributed by atoms with van der Waals surface area (Å²) in [5, 5.41) is 4.45. The minimum Gasteiger partial charge on any atom is -0.369 e. The van der Waals surface area contributed by atoms with Gasteiger partial charge in [-0.2, -0.15) is 0 Å². The van der Waals surface area contributed by atoms with Gasteiger partial charge in [0.15, 0.2) is 0 Å². The fraction of sp³-hybridized carbons (Fsp3) is 0.409. The molecule has 2 aromatic heterocycles. The minimum atomic E-state index is 0.231. The summed E-state index contributed by atoms with van der Waals surface area (Å²) in [6.07, 6.45) is 5.54. The summed E-state index contributed by atoms with van der Waals surface area (Å²) in [7, 11) is 0. The summed E-state index contributed by atoms with van der Waals surface area (Å²) in [5.74, 6) is 1.04. The highest BCUT2D eigenvalue weighted by Crippen LogP contribution is 2.40. The number of aryl methyl sites for hydroxylation is 1. The number of carbonyl (C=O) groups is 1. The van der Waals surface area contributed by atoms with Crippen molar-refractivity contribution in [1.82, 2.24) is 14.9 Å². The summed E-state index contributed by atoms with van der Waals surface area (Å²) in [5.41, 5.74) is 2.35. The number of likely N-dealkylation sites (tertiary alicyclic amines) is 1. The highest BCUT2D eigenvalue weighted by molar-refractivity contribution is 7.19. The SMILES string of the molecule is Cc1sc2ncnc(NCCC(=O)N3CCCCC3C)c2c1-c1ccccc1. The molecule has 4 rings (SSSR count). The van der Waals surface area contributed by atoms with Crippen LogP contribution in [0.1, 0.15) is 37.5 Å². The fourth-order valence-electron chi connectivity index (χ4n) is 4.03. The van der Waals surface area contributed by atoms with Gasteiger partial charge in [-0.05, 0) is 38.7 Å². The predicted molar refractivity (Wildman–Crippen MR) is 116 cm³/mol. The Morgan fingerprint density at radius 2 is 2.07 bits per heavy atom. The van der Waals surface area contributed by atoms with E-state index in [2.05, 4.69) is 41.3 Å². The van der Waals surface area contributed by atoms with Crippen LogP contribution in [0, 0.1) is 6.92 Å². The summed E-state index contributed by atoms with van der Waals surface area (Å²) in [6, 6.07) is 10.7. The summed E-state index contributed by atoms with van der Waals surface area (Å²) in [6.45, 7) is 5.75. The Morgan fingerprint density at radius 3 is 2.86 bits per heavy atom. The average Bonchev–Trinajstić information content (AvgIpc) is 3.05. The van der Waals surface area contributed by atoms with E-state index in [0.29, 0.717) is 19.0 Å². The molecule has 1 fully saturated rings. The minimum absolute atomic E-state index is 0.231. The van der Waals surface area contributed by atoms with Gasteiger partial charge >= 0.3 is 0 Å². The number of nitrogens with one attached hydrogen (secondary N) is 1. The molecule has 1 aliphatic heterocycles. The fourth-order valence-corrected chi connectivity index (χ4v) is 5.04. The van der Waals surface area contributed by atoms with Crippen LogP contribution >= 0.6 is 11.3 Å². The number of amides is 1. The van der Waals surface area contributed by atoms with Gasteiger partial charge in [0, 0.05) is 36.0 Å². The number of hydrogen-bond acceptors (Lipinski definition) is 5. The molecule has 1 atom stereocenters. The van der Waals surface area contributed by atoms with Gasteiger partial charge in [-0.15, -0.1) is 11.3 Å². The molecule has 146 valence electrons. The number of carbonyl (C=O) groups excluding carboxylic acids is 1. The van der Waals surface area contributed by atoms with Crippen molar-refractivity contribution in [2.24, 2.45) is 0 Å². The Hall–Kier alpha value is -2.47. The maximum absolute atomic E-state index is 12.6. The normalized spacial score (nSPS) is 17.1. The third-order valence-electron chi connectivity index (χ3n) is 5.48. The van der Waals surface area contributed by atoms with Crippen LogP contribution in [0.15, 0.2) is 36.7 Å². The quantitative estimate of drug-likeness (QED) is 0.671. The molecule has 0 radical (unpaired) electrons. The Kier molecular flexibility index (Phi) is 5.57. The monoisotopic (exact) mass is 394 g/mol. The lowest BCUT2D eigenvalue weighted by Crippen LogP contribution is -2.42. The summed E-state index contributed by atoms with van der Waals surface area (Å²) >= 11 is 1.68. The number of aromatic nitrogens is 2. The molecule has 1 aliphatic rings. The molecule has 0 saturated carbocycles. The number of fused-ring (bicyclic) bond motifs is 1. The molecule has 0 bridgehead atoms. The first-order valence-corrected chi connectivity index (χ1v) is 10.8. The van der Waals surface area contributed by atoms with E-state index in [0.717, 1.165) is 35.4 Å². The van der Waals surface area contributed by atoms with Crippen molar-refractivity contribution in [3.63, 3.8) is 0 Å². The first-order valence-electron chi connectivity index (χ1n) is 9.98. The molecule has 1 amide bonds. The summed E-state index contributed by atoms with van der Waals surface area (Å²) in [4.78, 5) is 25.8. The van der Waals surface area contributed by atoms with Crippen LogP contribution in [0.5, 0.6) is 0 Å². The zero-order valence-electron chi connectivity index (χ0n) is 16.4. The highest BCUT2D eigenvalue weighted by Gasteiger charge is 2.23. The largest absolute Gasteiger partial charge is 0.369 e. The first kappa shape index (κ1) is 18.9. The van der Waals surface area contributed by atoms with E-state index in [1.807, 2.05) is 23.1 Å². The Labute approximate surface area is 169 Å². The van der Waals surface area contributed by atoms with E-state index in [4.69, 9.17) is 0 Å². The second-order valence-electron chi connectivity index (χ2n) is 7.41. The van der Waals surface area contributed by atoms with Crippen LogP contribution in [0.4, 0.5) is 5.82 Å². The molecule has 1 saturated heterocycles. The van der Waals surface area contributed by atoms with Crippen LogP contribution in [0.25, 0.3) is 21.3 Å². The van der Waals surface area contributed by atoms with Gasteiger partial charge in [0.1, 0.15) is 17.0 Å². The van der Waals surface area contributed by atoms with Crippen molar-refractivity contribution in [2.75, 3.05) is 18.4 Å². The molecular weight excluding hydrogens is 368 g/mol. The maximum atomic E-state index is 12.6. The number of hydrogen-bond donors (Lipinski definition) is 1. The van der Waals surface area contributed by atoms with Gasteiger partial charge in [0.2, 0.25) is 5.91 Å². The Bertz CT molecular complexity index is 969.